The Balaban J connectivity index is 2.52. The van der Waals surface area contributed by atoms with Crippen molar-refractivity contribution in [1.29, 1.82) is 0 Å². The molecule has 0 atom stereocenters. The molecule has 0 radical (unpaired) electrons. The lowest BCUT2D eigenvalue weighted by molar-refractivity contribution is 0.495. The van der Waals surface area contributed by atoms with Crippen molar-refractivity contribution in [1.82, 2.24) is 0 Å². The molecular weight excluding hydrogens is 236 g/mol. The number of rotatable bonds is 2. The van der Waals surface area contributed by atoms with Gasteiger partial charge in [-0.2, -0.15) is 0 Å². The Bertz CT molecular complexity index is 355. The number of hydrogen-bond donors (Lipinski definition) is 0. The fourth-order valence-corrected chi connectivity index (χ4v) is 4.41. The van der Waals surface area contributed by atoms with Crippen molar-refractivity contribution in [3.8, 4) is 0 Å². The minimum atomic E-state index is -3.48. The Hall–Kier alpha value is 0.190. The van der Waals surface area contributed by atoms with Gasteiger partial charge in [0.1, 0.15) is 9.84 Å². The van der Waals surface area contributed by atoms with Crippen LogP contribution in [0.1, 0.15) is 12.8 Å². The Morgan fingerprint density at radius 1 is 1.23 bits per heavy atom. The maximum Gasteiger partial charge on any atom is 0.232 e. The van der Waals surface area contributed by atoms with Crippen LogP contribution in [0.4, 0.5) is 0 Å². The van der Waals surface area contributed by atoms with E-state index in [-0.39, 0.29) is 23.2 Å². The summed E-state index contributed by atoms with van der Waals surface area (Å²) in [5.41, 5.74) is 0. The summed E-state index contributed by atoms with van der Waals surface area (Å²) in [4.78, 5) is 0. The van der Waals surface area contributed by atoms with Gasteiger partial charge in [-0.25, -0.2) is 16.8 Å². The summed E-state index contributed by atoms with van der Waals surface area (Å²) in [7, 11) is -1.33. The first-order valence-electron chi connectivity index (χ1n) is 3.91. The van der Waals surface area contributed by atoms with Crippen LogP contribution in [-0.2, 0) is 18.9 Å². The zero-order valence-electron chi connectivity index (χ0n) is 6.94. The van der Waals surface area contributed by atoms with Gasteiger partial charge in [-0.3, -0.25) is 0 Å². The van der Waals surface area contributed by atoms with E-state index in [1.807, 2.05) is 0 Å². The van der Waals surface area contributed by atoms with Crippen LogP contribution < -0.4 is 0 Å². The molecule has 0 aromatic carbocycles. The molecule has 0 bridgehead atoms. The molecule has 1 rings (SSSR count). The van der Waals surface area contributed by atoms with E-state index >= 15 is 0 Å². The minimum Gasteiger partial charge on any atom is -0.229 e. The van der Waals surface area contributed by atoms with E-state index in [4.69, 9.17) is 10.7 Å². The maximum absolute atomic E-state index is 11.0. The molecular formula is C6H11ClO4S2. The SMILES string of the molecule is O=S(=O)(Cl)CC1CCS(=O)(=O)CC1. The van der Waals surface area contributed by atoms with E-state index in [2.05, 4.69) is 0 Å². The molecule has 7 heteroatoms. The Labute approximate surface area is 82.6 Å². The normalized spacial score (nSPS) is 24.4. The molecule has 0 unspecified atom stereocenters. The summed E-state index contributed by atoms with van der Waals surface area (Å²) in [5, 5.41) is 0. The van der Waals surface area contributed by atoms with E-state index < -0.39 is 18.9 Å². The molecule has 78 valence electrons. The molecule has 0 saturated carbocycles. The Kier molecular flexibility index (Phi) is 3.24. The van der Waals surface area contributed by atoms with E-state index in [0.29, 0.717) is 12.8 Å². The van der Waals surface area contributed by atoms with Gasteiger partial charge in [-0.15, -0.1) is 0 Å². The molecule has 0 spiro atoms. The average molecular weight is 247 g/mol. The quantitative estimate of drug-likeness (QED) is 0.661. The van der Waals surface area contributed by atoms with Crippen molar-refractivity contribution >= 4 is 29.6 Å². The molecule has 0 aromatic rings. The van der Waals surface area contributed by atoms with Crippen LogP contribution in [0.3, 0.4) is 0 Å². The smallest absolute Gasteiger partial charge is 0.229 e. The number of hydrogen-bond acceptors (Lipinski definition) is 4. The van der Waals surface area contributed by atoms with Crippen LogP contribution in [0.15, 0.2) is 0 Å². The Morgan fingerprint density at radius 3 is 2.08 bits per heavy atom. The first-order valence-corrected chi connectivity index (χ1v) is 8.21. The summed E-state index contributed by atoms with van der Waals surface area (Å²) in [6.45, 7) is 0. The molecule has 1 aliphatic rings. The number of halogens is 1. The first kappa shape index (κ1) is 11.3. The van der Waals surface area contributed by atoms with Crippen molar-refractivity contribution in [3.63, 3.8) is 0 Å². The minimum absolute atomic E-state index is 0.0874. The zero-order chi connectivity index (χ0) is 10.1. The molecule has 1 heterocycles. The van der Waals surface area contributed by atoms with Crippen molar-refractivity contribution in [2.45, 2.75) is 12.8 Å². The monoisotopic (exact) mass is 246 g/mol. The third-order valence-electron chi connectivity index (χ3n) is 2.11. The van der Waals surface area contributed by atoms with Crippen molar-refractivity contribution < 1.29 is 16.8 Å². The molecule has 0 aliphatic carbocycles. The predicted octanol–water partition coefficient (Wildman–Crippen LogP) is 0.380. The van der Waals surface area contributed by atoms with E-state index in [0.717, 1.165) is 0 Å². The van der Waals surface area contributed by atoms with Gasteiger partial charge >= 0.3 is 0 Å². The molecule has 1 saturated heterocycles. The topological polar surface area (TPSA) is 68.3 Å². The van der Waals surface area contributed by atoms with Crippen molar-refractivity contribution in [2.75, 3.05) is 17.3 Å². The summed E-state index contributed by atoms with van der Waals surface area (Å²) < 4.78 is 43.3. The van der Waals surface area contributed by atoms with Crippen molar-refractivity contribution in [3.05, 3.63) is 0 Å². The molecule has 0 N–H and O–H groups in total. The predicted molar refractivity (Wildman–Crippen MR) is 51.0 cm³/mol. The van der Waals surface area contributed by atoms with Crippen LogP contribution in [0, 0.1) is 5.92 Å². The highest BCUT2D eigenvalue weighted by atomic mass is 35.7. The van der Waals surface area contributed by atoms with Gasteiger partial charge in [0.25, 0.3) is 0 Å². The fraction of sp³-hybridized carbons (Fsp3) is 1.00. The van der Waals surface area contributed by atoms with Crippen LogP contribution >= 0.6 is 10.7 Å². The molecule has 1 fully saturated rings. The Morgan fingerprint density at radius 2 is 1.69 bits per heavy atom. The van der Waals surface area contributed by atoms with Crippen LogP contribution in [0.5, 0.6) is 0 Å². The lowest BCUT2D eigenvalue weighted by Gasteiger charge is -2.19. The first-order chi connectivity index (χ1) is 5.79. The largest absolute Gasteiger partial charge is 0.232 e. The lowest BCUT2D eigenvalue weighted by Crippen LogP contribution is -2.26. The second-order valence-electron chi connectivity index (χ2n) is 3.30. The van der Waals surface area contributed by atoms with Gasteiger partial charge in [0, 0.05) is 10.7 Å². The summed E-state index contributed by atoms with van der Waals surface area (Å²) in [6.07, 6.45) is 0.822. The van der Waals surface area contributed by atoms with Gasteiger partial charge in [0.05, 0.1) is 17.3 Å². The highest BCUT2D eigenvalue weighted by Gasteiger charge is 2.26. The highest BCUT2D eigenvalue weighted by Crippen LogP contribution is 2.21. The summed E-state index contributed by atoms with van der Waals surface area (Å²) in [5.74, 6) is -0.0240. The number of sulfone groups is 1. The lowest BCUT2D eigenvalue weighted by atomic mass is 10.1. The third-order valence-corrected chi connectivity index (χ3v) is 5.07. The second kappa shape index (κ2) is 3.74. The van der Waals surface area contributed by atoms with Crippen LogP contribution in [0.2, 0.25) is 0 Å². The average Bonchev–Trinajstić information content (AvgIpc) is 1.91. The standard InChI is InChI=1S/C6H11ClO4S2/c7-13(10,11)5-6-1-3-12(8,9)4-2-6/h6H,1-5H2. The maximum atomic E-state index is 11.0. The highest BCUT2D eigenvalue weighted by molar-refractivity contribution is 8.13. The van der Waals surface area contributed by atoms with Gasteiger partial charge < -0.3 is 0 Å². The van der Waals surface area contributed by atoms with E-state index in [1.165, 1.54) is 0 Å². The fourth-order valence-electron chi connectivity index (χ4n) is 1.39. The van der Waals surface area contributed by atoms with Gasteiger partial charge in [0.2, 0.25) is 9.05 Å². The van der Waals surface area contributed by atoms with E-state index in [1.54, 1.807) is 0 Å². The molecule has 0 amide bonds. The third kappa shape index (κ3) is 4.28. The molecule has 13 heavy (non-hydrogen) atoms. The summed E-state index contributed by atoms with van der Waals surface area (Å²) >= 11 is 0. The van der Waals surface area contributed by atoms with Crippen LogP contribution in [0.25, 0.3) is 0 Å². The zero-order valence-corrected chi connectivity index (χ0v) is 9.33. The van der Waals surface area contributed by atoms with Crippen molar-refractivity contribution in [2.24, 2.45) is 5.92 Å². The molecule has 1 aliphatic heterocycles. The molecule has 4 nitrogen and oxygen atoms in total. The van der Waals surface area contributed by atoms with Gasteiger partial charge in [0.15, 0.2) is 0 Å². The van der Waals surface area contributed by atoms with Gasteiger partial charge in [-0.05, 0) is 18.8 Å². The van der Waals surface area contributed by atoms with Crippen LogP contribution in [-0.4, -0.2) is 34.1 Å². The summed E-state index contributed by atoms with van der Waals surface area (Å²) in [6, 6.07) is 0. The van der Waals surface area contributed by atoms with E-state index in [9.17, 15) is 16.8 Å². The van der Waals surface area contributed by atoms with Gasteiger partial charge in [-0.1, -0.05) is 0 Å². The molecule has 0 aromatic heterocycles. The second-order valence-corrected chi connectivity index (χ2v) is 8.43.